The summed E-state index contributed by atoms with van der Waals surface area (Å²) in [5.74, 6) is -0.0535. The Labute approximate surface area is 205 Å². The number of carbonyl (C=O) groups excluding carboxylic acids is 1. The first kappa shape index (κ1) is 23.8. The van der Waals surface area contributed by atoms with E-state index >= 15 is 0 Å². The van der Waals surface area contributed by atoms with E-state index < -0.39 is 11.7 Å². The van der Waals surface area contributed by atoms with Crippen LogP contribution in [0.25, 0.3) is 0 Å². The fourth-order valence-electron chi connectivity index (χ4n) is 3.83. The number of benzene rings is 1. The zero-order valence-electron chi connectivity index (χ0n) is 19.0. The topological polar surface area (TPSA) is 104 Å². The van der Waals surface area contributed by atoms with Crippen molar-refractivity contribution in [2.24, 2.45) is 0 Å². The van der Waals surface area contributed by atoms with Crippen LogP contribution in [0.3, 0.4) is 0 Å². The Bertz CT molecular complexity index is 1190. The molecule has 0 unspecified atom stereocenters. The zero-order valence-corrected chi connectivity index (χ0v) is 20.6. The van der Waals surface area contributed by atoms with Crippen LogP contribution in [0.4, 0.5) is 27.5 Å². The third-order valence-corrected chi connectivity index (χ3v) is 5.67. The average Bonchev–Trinajstić information content (AvgIpc) is 2.80. The molecule has 11 heteroatoms. The summed E-state index contributed by atoms with van der Waals surface area (Å²) in [5, 5.41) is 9.23. The van der Waals surface area contributed by atoms with E-state index in [9.17, 15) is 9.18 Å². The van der Waals surface area contributed by atoms with Gasteiger partial charge in [-0.15, -0.1) is 0 Å². The smallest absolute Gasteiger partial charge is 0.274 e. The van der Waals surface area contributed by atoms with Crippen molar-refractivity contribution in [3.05, 3.63) is 58.7 Å². The van der Waals surface area contributed by atoms with E-state index in [4.69, 9.17) is 4.74 Å². The lowest BCUT2D eigenvalue weighted by Crippen LogP contribution is -2.54. The van der Waals surface area contributed by atoms with Gasteiger partial charge >= 0.3 is 0 Å². The summed E-state index contributed by atoms with van der Waals surface area (Å²) in [6.07, 6.45) is 1.16. The van der Waals surface area contributed by atoms with E-state index in [1.54, 1.807) is 36.4 Å². The molecule has 1 amide bonds. The highest BCUT2D eigenvalue weighted by Gasteiger charge is 2.24. The molecule has 3 aromatic rings. The summed E-state index contributed by atoms with van der Waals surface area (Å²) in [6.45, 7) is 5.61. The predicted molar refractivity (Wildman–Crippen MR) is 132 cm³/mol. The predicted octanol–water partition coefficient (Wildman–Crippen LogP) is 3.96. The number of hydrogen-bond acceptors (Lipinski definition) is 8. The number of aromatic nitrogens is 3. The normalized spacial score (nSPS) is 17.9. The molecule has 4 rings (SSSR count). The van der Waals surface area contributed by atoms with Gasteiger partial charge in [0.1, 0.15) is 16.0 Å². The molecule has 0 bridgehead atoms. The molecule has 0 spiro atoms. The molecule has 0 saturated carbocycles. The van der Waals surface area contributed by atoms with Crippen LogP contribution >= 0.6 is 15.9 Å². The summed E-state index contributed by atoms with van der Waals surface area (Å²) in [6, 6.07) is 10.6. The van der Waals surface area contributed by atoms with Gasteiger partial charge in [0, 0.05) is 30.9 Å². The Morgan fingerprint density at radius 1 is 1.21 bits per heavy atom. The van der Waals surface area contributed by atoms with Crippen molar-refractivity contribution in [3.8, 4) is 5.75 Å². The van der Waals surface area contributed by atoms with Gasteiger partial charge in [0.05, 0.1) is 19.0 Å². The highest BCUT2D eigenvalue weighted by molar-refractivity contribution is 9.10. The first-order chi connectivity index (χ1) is 16.3. The summed E-state index contributed by atoms with van der Waals surface area (Å²) in [7, 11) is 1.50. The lowest BCUT2D eigenvalue weighted by atomic mass is 10.1. The number of methoxy groups -OCH3 is 1. The van der Waals surface area contributed by atoms with E-state index in [0.717, 1.165) is 19.3 Å². The highest BCUT2D eigenvalue weighted by atomic mass is 79.9. The second-order valence-electron chi connectivity index (χ2n) is 8.08. The molecule has 34 heavy (non-hydrogen) atoms. The number of nitrogens with one attached hydrogen (secondary N) is 3. The van der Waals surface area contributed by atoms with Crippen molar-refractivity contribution in [1.82, 2.24) is 20.3 Å². The molecular formula is C23H25BrFN7O2. The summed E-state index contributed by atoms with van der Waals surface area (Å²) < 4.78 is 20.5. The molecule has 178 valence electrons. The summed E-state index contributed by atoms with van der Waals surface area (Å²) in [4.78, 5) is 27.5. The number of nitrogens with zero attached hydrogens (tertiary/aromatic N) is 4. The minimum absolute atomic E-state index is 0.0416. The van der Waals surface area contributed by atoms with E-state index in [1.165, 1.54) is 7.11 Å². The lowest BCUT2D eigenvalue weighted by Gasteiger charge is -2.36. The Morgan fingerprint density at radius 3 is 2.68 bits per heavy atom. The number of carbonyl (C=O) groups is 1. The van der Waals surface area contributed by atoms with Crippen molar-refractivity contribution in [1.29, 1.82) is 0 Å². The van der Waals surface area contributed by atoms with E-state index in [-0.39, 0.29) is 23.6 Å². The van der Waals surface area contributed by atoms with Crippen LogP contribution < -0.4 is 25.6 Å². The van der Waals surface area contributed by atoms with Crippen molar-refractivity contribution in [2.75, 3.05) is 35.7 Å². The molecule has 1 fully saturated rings. The second kappa shape index (κ2) is 10.3. The number of rotatable bonds is 6. The molecule has 9 nitrogen and oxygen atoms in total. The standard InChI is InChI=1S/C23H25BrFN7O2/c1-13-11-32(12-14(2)27-13)23-26-10-16(25)21(31-23)28-15-7-8-19(34-3)18(9-15)30-22(33)17-5-4-6-20(24)29-17/h4-10,13-14,27H,11-12H2,1-3H3,(H,30,33)(H,26,28,31)/t13-,14+. The summed E-state index contributed by atoms with van der Waals surface area (Å²) >= 11 is 3.26. The maximum atomic E-state index is 14.6. The maximum Gasteiger partial charge on any atom is 0.274 e. The molecule has 0 radical (unpaired) electrons. The van der Waals surface area contributed by atoms with Crippen LogP contribution in [0, 0.1) is 5.82 Å². The van der Waals surface area contributed by atoms with Gasteiger partial charge in [-0.25, -0.2) is 14.4 Å². The average molecular weight is 530 g/mol. The molecule has 1 aromatic carbocycles. The minimum atomic E-state index is -0.584. The molecule has 1 aliphatic rings. The van der Waals surface area contributed by atoms with Crippen LogP contribution in [0.15, 0.2) is 47.2 Å². The third-order valence-electron chi connectivity index (χ3n) is 5.23. The number of hydrogen-bond donors (Lipinski definition) is 3. The first-order valence-corrected chi connectivity index (χ1v) is 11.5. The number of anilines is 4. The Balaban J connectivity index is 1.56. The van der Waals surface area contributed by atoms with Crippen LogP contribution in [0.2, 0.25) is 0 Å². The molecule has 1 saturated heterocycles. The van der Waals surface area contributed by atoms with Gasteiger partial charge in [-0.2, -0.15) is 4.98 Å². The molecule has 1 aliphatic heterocycles. The molecule has 2 atom stereocenters. The van der Waals surface area contributed by atoms with Gasteiger partial charge in [0.15, 0.2) is 11.6 Å². The van der Waals surface area contributed by atoms with Gasteiger partial charge in [-0.3, -0.25) is 4.79 Å². The van der Waals surface area contributed by atoms with Gasteiger partial charge in [0.2, 0.25) is 5.95 Å². The third kappa shape index (κ3) is 5.60. The monoisotopic (exact) mass is 529 g/mol. The maximum absolute atomic E-state index is 14.6. The number of piperazine rings is 1. The summed E-state index contributed by atoms with van der Waals surface area (Å²) in [5.41, 5.74) is 1.16. The largest absolute Gasteiger partial charge is 0.495 e. The number of halogens is 2. The highest BCUT2D eigenvalue weighted by Crippen LogP contribution is 2.30. The van der Waals surface area contributed by atoms with Gasteiger partial charge in [0.25, 0.3) is 5.91 Å². The minimum Gasteiger partial charge on any atom is -0.495 e. The van der Waals surface area contributed by atoms with Crippen molar-refractivity contribution < 1.29 is 13.9 Å². The SMILES string of the molecule is COc1ccc(Nc2nc(N3C[C@@H](C)N[C@@H](C)C3)ncc2F)cc1NC(=O)c1cccc(Br)n1. The molecule has 3 heterocycles. The Morgan fingerprint density at radius 2 is 1.97 bits per heavy atom. The van der Waals surface area contributed by atoms with Crippen molar-refractivity contribution in [3.63, 3.8) is 0 Å². The van der Waals surface area contributed by atoms with Crippen LogP contribution in [-0.2, 0) is 0 Å². The van der Waals surface area contributed by atoms with Gasteiger partial charge < -0.3 is 25.6 Å². The molecule has 2 aromatic heterocycles. The van der Waals surface area contributed by atoms with Crippen molar-refractivity contribution in [2.45, 2.75) is 25.9 Å². The molecule has 3 N–H and O–H groups in total. The number of amides is 1. The number of ether oxygens (including phenoxy) is 1. The van der Waals surface area contributed by atoms with Crippen LogP contribution in [0.5, 0.6) is 5.75 Å². The Kier molecular flexibility index (Phi) is 7.23. The van der Waals surface area contributed by atoms with E-state index in [2.05, 4.69) is 60.7 Å². The van der Waals surface area contributed by atoms with Gasteiger partial charge in [-0.05, 0) is 60.1 Å². The second-order valence-corrected chi connectivity index (χ2v) is 8.89. The first-order valence-electron chi connectivity index (χ1n) is 10.7. The van der Waals surface area contributed by atoms with Gasteiger partial charge in [-0.1, -0.05) is 6.07 Å². The molecule has 0 aliphatic carbocycles. The fourth-order valence-corrected chi connectivity index (χ4v) is 4.17. The lowest BCUT2D eigenvalue weighted by molar-refractivity contribution is 0.102. The number of pyridine rings is 1. The Hall–Kier alpha value is -3.31. The van der Waals surface area contributed by atoms with Crippen LogP contribution in [-0.4, -0.2) is 53.1 Å². The van der Waals surface area contributed by atoms with Crippen LogP contribution in [0.1, 0.15) is 24.3 Å². The quantitative estimate of drug-likeness (QED) is 0.412. The molecular weight excluding hydrogens is 505 g/mol. The fraction of sp³-hybridized carbons (Fsp3) is 0.304. The van der Waals surface area contributed by atoms with E-state index in [0.29, 0.717) is 27.7 Å². The zero-order chi connectivity index (χ0) is 24.2. The van der Waals surface area contributed by atoms with E-state index in [1.807, 2.05) is 4.90 Å². The van der Waals surface area contributed by atoms with Crippen molar-refractivity contribution >= 4 is 45.0 Å².